The Bertz CT molecular complexity index is 539. The number of rotatable bonds is 5. The fourth-order valence-electron chi connectivity index (χ4n) is 1.56. The fraction of sp³-hybridized carbons (Fsp3) is 0.417. The lowest BCUT2D eigenvalue weighted by Crippen LogP contribution is -2.36. The van der Waals surface area contributed by atoms with E-state index < -0.39 is 22.0 Å². The van der Waals surface area contributed by atoms with Crippen LogP contribution >= 0.6 is 0 Å². The molecular weight excluding hydrogens is 254 g/mol. The van der Waals surface area contributed by atoms with Crippen LogP contribution in [0, 0.1) is 6.92 Å². The third-order valence-corrected chi connectivity index (χ3v) is 4.73. The monoisotopic (exact) mass is 271 g/mol. The van der Waals surface area contributed by atoms with Crippen molar-refractivity contribution in [1.82, 2.24) is 4.31 Å². The maximum Gasteiger partial charge on any atom is 0.304 e. The zero-order valence-electron chi connectivity index (χ0n) is 10.6. The van der Waals surface area contributed by atoms with Crippen LogP contribution in [0.1, 0.15) is 18.9 Å². The van der Waals surface area contributed by atoms with Gasteiger partial charge in [-0.3, -0.25) is 4.79 Å². The average Bonchev–Trinajstić information content (AvgIpc) is 2.27. The van der Waals surface area contributed by atoms with Crippen LogP contribution in [-0.2, 0) is 14.8 Å². The van der Waals surface area contributed by atoms with Crippen LogP contribution in [0.3, 0.4) is 0 Å². The number of carboxylic acids is 1. The lowest BCUT2D eigenvalue weighted by molar-refractivity contribution is -0.137. The summed E-state index contributed by atoms with van der Waals surface area (Å²) in [4.78, 5) is 10.8. The van der Waals surface area contributed by atoms with E-state index in [-0.39, 0.29) is 11.3 Å². The van der Waals surface area contributed by atoms with Gasteiger partial charge in [0.05, 0.1) is 11.3 Å². The Morgan fingerprint density at radius 1 is 1.44 bits per heavy atom. The molecule has 0 saturated carbocycles. The van der Waals surface area contributed by atoms with Crippen molar-refractivity contribution in [2.45, 2.75) is 31.2 Å². The molecule has 1 aromatic carbocycles. The molecule has 1 N–H and O–H groups in total. The number of carboxylic acid groups (broad SMARTS) is 1. The van der Waals surface area contributed by atoms with Crippen LogP contribution in [0.5, 0.6) is 0 Å². The Morgan fingerprint density at radius 3 is 2.56 bits per heavy atom. The smallest absolute Gasteiger partial charge is 0.304 e. The van der Waals surface area contributed by atoms with Crippen molar-refractivity contribution in [2.24, 2.45) is 0 Å². The van der Waals surface area contributed by atoms with Crippen molar-refractivity contribution < 1.29 is 18.3 Å². The van der Waals surface area contributed by atoms with Gasteiger partial charge in [-0.05, 0) is 31.5 Å². The summed E-state index contributed by atoms with van der Waals surface area (Å²) in [5.41, 5.74) is 0.843. The number of hydrogen-bond acceptors (Lipinski definition) is 3. The molecule has 18 heavy (non-hydrogen) atoms. The predicted molar refractivity (Wildman–Crippen MR) is 67.8 cm³/mol. The molecule has 100 valence electrons. The molecule has 0 saturated heterocycles. The molecular formula is C12H17NO4S. The summed E-state index contributed by atoms with van der Waals surface area (Å²) in [6.45, 7) is 3.38. The zero-order chi connectivity index (χ0) is 13.9. The van der Waals surface area contributed by atoms with Crippen molar-refractivity contribution >= 4 is 16.0 Å². The van der Waals surface area contributed by atoms with E-state index in [4.69, 9.17) is 5.11 Å². The van der Waals surface area contributed by atoms with E-state index >= 15 is 0 Å². The fourth-order valence-corrected chi connectivity index (χ4v) is 3.03. The molecule has 1 unspecified atom stereocenters. The summed E-state index contributed by atoms with van der Waals surface area (Å²) < 4.78 is 25.6. The van der Waals surface area contributed by atoms with E-state index in [1.807, 2.05) is 0 Å². The van der Waals surface area contributed by atoms with Crippen molar-refractivity contribution in [1.29, 1.82) is 0 Å². The summed E-state index contributed by atoms with van der Waals surface area (Å²) in [6, 6.07) is 5.96. The molecule has 1 aromatic rings. The first-order valence-corrected chi connectivity index (χ1v) is 6.95. The second kappa shape index (κ2) is 5.49. The van der Waals surface area contributed by atoms with Gasteiger partial charge in [0, 0.05) is 13.1 Å². The Balaban J connectivity index is 3.03. The van der Waals surface area contributed by atoms with Crippen molar-refractivity contribution in [3.8, 4) is 0 Å². The van der Waals surface area contributed by atoms with Crippen LogP contribution < -0.4 is 0 Å². The van der Waals surface area contributed by atoms with Crippen LogP contribution in [0.25, 0.3) is 0 Å². The molecule has 6 heteroatoms. The molecule has 1 atom stereocenters. The molecule has 0 radical (unpaired) electrons. The summed E-state index contributed by atoms with van der Waals surface area (Å²) in [6.07, 6.45) is -0.221. The van der Waals surface area contributed by atoms with Gasteiger partial charge in [-0.15, -0.1) is 0 Å². The topological polar surface area (TPSA) is 74.7 Å². The minimum atomic E-state index is -3.64. The van der Waals surface area contributed by atoms with Crippen LogP contribution in [0.2, 0.25) is 0 Å². The third kappa shape index (κ3) is 3.30. The average molecular weight is 271 g/mol. The van der Waals surface area contributed by atoms with Crippen molar-refractivity contribution in [3.05, 3.63) is 29.8 Å². The molecule has 0 aliphatic carbocycles. The van der Waals surface area contributed by atoms with Gasteiger partial charge >= 0.3 is 5.97 Å². The molecule has 1 rings (SSSR count). The quantitative estimate of drug-likeness (QED) is 0.880. The lowest BCUT2D eigenvalue weighted by atomic mass is 10.2. The number of hydrogen-bond donors (Lipinski definition) is 1. The van der Waals surface area contributed by atoms with Gasteiger partial charge in [-0.1, -0.05) is 12.1 Å². The molecule has 0 bridgehead atoms. The summed E-state index contributed by atoms with van der Waals surface area (Å²) in [5, 5.41) is 8.69. The van der Waals surface area contributed by atoms with Gasteiger partial charge in [0.25, 0.3) is 0 Å². The molecule has 0 spiro atoms. The summed E-state index contributed by atoms with van der Waals surface area (Å²) >= 11 is 0. The summed E-state index contributed by atoms with van der Waals surface area (Å²) in [7, 11) is -2.24. The van der Waals surface area contributed by atoms with E-state index in [0.717, 1.165) is 9.87 Å². The zero-order valence-corrected chi connectivity index (χ0v) is 11.4. The van der Waals surface area contributed by atoms with Crippen LogP contribution in [0.15, 0.2) is 29.2 Å². The molecule has 0 amide bonds. The van der Waals surface area contributed by atoms with Crippen molar-refractivity contribution in [3.63, 3.8) is 0 Å². The van der Waals surface area contributed by atoms with Gasteiger partial charge in [0.2, 0.25) is 10.0 Å². The maximum atomic E-state index is 12.2. The number of benzene rings is 1. The molecule has 5 nitrogen and oxygen atoms in total. The van der Waals surface area contributed by atoms with Gasteiger partial charge in [0.15, 0.2) is 0 Å². The standard InChI is InChI=1S/C12H17NO4S/c1-9-5-4-6-11(7-9)18(16,17)13(3)10(2)8-12(14)15/h4-7,10H,8H2,1-3H3,(H,14,15). The van der Waals surface area contributed by atoms with Gasteiger partial charge in [-0.2, -0.15) is 4.31 Å². The lowest BCUT2D eigenvalue weighted by Gasteiger charge is -2.23. The largest absolute Gasteiger partial charge is 0.481 e. The molecule has 0 aromatic heterocycles. The highest BCUT2D eigenvalue weighted by Crippen LogP contribution is 2.18. The second-order valence-corrected chi connectivity index (χ2v) is 6.28. The first-order valence-electron chi connectivity index (χ1n) is 5.51. The number of carbonyl (C=O) groups is 1. The normalized spacial score (nSPS) is 13.6. The maximum absolute atomic E-state index is 12.2. The van der Waals surface area contributed by atoms with E-state index in [1.54, 1.807) is 32.0 Å². The molecule has 0 aliphatic rings. The molecule has 0 heterocycles. The van der Waals surface area contributed by atoms with Gasteiger partial charge in [0.1, 0.15) is 0 Å². The molecule has 0 fully saturated rings. The Labute approximate surface area is 107 Å². The van der Waals surface area contributed by atoms with Crippen LogP contribution in [0.4, 0.5) is 0 Å². The molecule has 0 aliphatic heterocycles. The number of nitrogens with zero attached hydrogens (tertiary/aromatic N) is 1. The summed E-state index contributed by atoms with van der Waals surface area (Å²) in [5.74, 6) is -1.02. The second-order valence-electron chi connectivity index (χ2n) is 4.28. The number of aryl methyl sites for hydroxylation is 1. The minimum Gasteiger partial charge on any atom is -0.481 e. The van der Waals surface area contributed by atoms with E-state index in [0.29, 0.717) is 0 Å². The van der Waals surface area contributed by atoms with Crippen LogP contribution in [-0.4, -0.2) is 36.9 Å². The first kappa shape index (κ1) is 14.7. The van der Waals surface area contributed by atoms with Gasteiger partial charge in [-0.25, -0.2) is 8.42 Å². The minimum absolute atomic E-state index is 0.183. The highest BCUT2D eigenvalue weighted by molar-refractivity contribution is 7.89. The van der Waals surface area contributed by atoms with E-state index in [1.165, 1.54) is 13.1 Å². The highest BCUT2D eigenvalue weighted by Gasteiger charge is 2.26. The third-order valence-electron chi connectivity index (χ3n) is 2.76. The highest BCUT2D eigenvalue weighted by atomic mass is 32.2. The Kier molecular flexibility index (Phi) is 4.48. The van der Waals surface area contributed by atoms with E-state index in [2.05, 4.69) is 0 Å². The Hall–Kier alpha value is -1.40. The van der Waals surface area contributed by atoms with Gasteiger partial charge < -0.3 is 5.11 Å². The predicted octanol–water partition coefficient (Wildman–Crippen LogP) is 1.48. The van der Waals surface area contributed by atoms with Crippen molar-refractivity contribution in [2.75, 3.05) is 7.05 Å². The Morgan fingerprint density at radius 2 is 2.06 bits per heavy atom. The first-order chi connectivity index (χ1) is 8.25. The number of aliphatic carboxylic acids is 1. The number of sulfonamides is 1. The SMILES string of the molecule is Cc1cccc(S(=O)(=O)N(C)C(C)CC(=O)O)c1. The van der Waals surface area contributed by atoms with E-state index in [9.17, 15) is 13.2 Å².